The van der Waals surface area contributed by atoms with Crippen LogP contribution >= 0.6 is 27.7 Å². The lowest BCUT2D eigenvalue weighted by Gasteiger charge is -2.16. The van der Waals surface area contributed by atoms with Crippen LogP contribution in [0.5, 0.6) is 11.5 Å². The summed E-state index contributed by atoms with van der Waals surface area (Å²) >= 11 is 5.19. The predicted octanol–water partition coefficient (Wildman–Crippen LogP) is 1.09. The smallest absolute Gasteiger partial charge is 1.00 e. The Bertz CT molecular complexity index is 968. The molecule has 11 heteroatoms. The monoisotopic (exact) mass is 531 g/mol. The van der Waals surface area contributed by atoms with Gasteiger partial charge in [0.05, 0.1) is 11.1 Å². The van der Waals surface area contributed by atoms with E-state index in [2.05, 4.69) is 36.8 Å². The molecule has 0 aliphatic rings. The first-order valence-electron chi connectivity index (χ1n) is 9.45. The topological polar surface area (TPSA) is 74.1 Å². The number of halogens is 3. The number of aromatic nitrogens is 4. The highest BCUT2D eigenvalue weighted by atomic mass is 79.9. The Morgan fingerprint density at radius 2 is 1.97 bits per heavy atom. The van der Waals surface area contributed by atoms with Crippen molar-refractivity contribution in [1.29, 1.82) is 0 Å². The largest absolute Gasteiger partial charge is 1.00 e. The highest BCUT2D eigenvalue weighted by molar-refractivity contribution is 9.10. The van der Waals surface area contributed by atoms with Crippen molar-refractivity contribution in [3.8, 4) is 11.5 Å². The van der Waals surface area contributed by atoms with Gasteiger partial charge >= 0.3 is 1.43 Å². The summed E-state index contributed by atoms with van der Waals surface area (Å²) in [6.45, 7) is 4.28. The summed E-state index contributed by atoms with van der Waals surface area (Å²) < 4.78 is 27.3. The summed E-state index contributed by atoms with van der Waals surface area (Å²) in [6.07, 6.45) is 0. The number of hydrogen-bond donors (Lipinski definition) is 1. The maximum Gasteiger partial charge on any atom is 1.00 e. The van der Waals surface area contributed by atoms with Crippen LogP contribution in [0.2, 0.25) is 0 Å². The molecule has 3 rings (SSSR count). The van der Waals surface area contributed by atoms with E-state index in [1.165, 1.54) is 12.1 Å². The third-order valence-corrected chi connectivity index (χ3v) is 5.69. The molecule has 7 nitrogen and oxygen atoms in total. The Morgan fingerprint density at radius 1 is 1.19 bits per heavy atom. The lowest BCUT2D eigenvalue weighted by atomic mass is 10.2. The molecule has 3 aromatic rings. The number of benzene rings is 2. The van der Waals surface area contributed by atoms with E-state index in [1.807, 2.05) is 26.1 Å². The number of tetrazole rings is 1. The van der Waals surface area contributed by atoms with Crippen LogP contribution in [0.4, 0.5) is 4.39 Å². The summed E-state index contributed by atoms with van der Waals surface area (Å²) in [6, 6.07) is 10.2. The first-order chi connectivity index (χ1) is 14.6. The normalized spacial score (nSPS) is 10.6. The molecule has 1 heterocycles. The van der Waals surface area contributed by atoms with E-state index in [9.17, 15) is 4.39 Å². The van der Waals surface area contributed by atoms with Crippen LogP contribution in [0, 0.1) is 5.82 Å². The molecule has 0 bridgehead atoms. The molecule has 0 radical (unpaired) electrons. The Balaban J connectivity index is 0.00000256. The van der Waals surface area contributed by atoms with E-state index >= 15 is 0 Å². The summed E-state index contributed by atoms with van der Waals surface area (Å²) in [4.78, 5) is 0. The second kappa shape index (κ2) is 12.8. The molecule has 0 aliphatic heterocycles. The van der Waals surface area contributed by atoms with Crippen LogP contribution in [0.25, 0.3) is 0 Å². The quantitative estimate of drug-likeness (QED) is 0.293. The Morgan fingerprint density at radius 3 is 2.65 bits per heavy atom. The number of rotatable bonds is 11. The Kier molecular flexibility index (Phi) is 10.5. The molecular formula is C20H24BrClFN5O2S. The van der Waals surface area contributed by atoms with Crippen molar-refractivity contribution in [2.24, 2.45) is 7.05 Å². The molecule has 1 aromatic heterocycles. The number of aryl methyl sites for hydroxylation is 1. The van der Waals surface area contributed by atoms with Gasteiger partial charge in [0.25, 0.3) is 0 Å². The first-order valence-corrected chi connectivity index (χ1v) is 11.2. The number of nitrogens with zero attached hydrogens (tertiary/aromatic N) is 4. The van der Waals surface area contributed by atoms with Crippen LogP contribution in [-0.4, -0.2) is 39.1 Å². The van der Waals surface area contributed by atoms with Gasteiger partial charge in [0.1, 0.15) is 12.4 Å². The van der Waals surface area contributed by atoms with E-state index in [4.69, 9.17) is 9.47 Å². The van der Waals surface area contributed by atoms with Gasteiger partial charge in [-0.05, 0) is 68.7 Å². The molecule has 0 saturated heterocycles. The van der Waals surface area contributed by atoms with Gasteiger partial charge in [0, 0.05) is 25.9 Å². The van der Waals surface area contributed by atoms with Crippen LogP contribution in [0.1, 0.15) is 19.5 Å². The minimum absolute atomic E-state index is 0. The highest BCUT2D eigenvalue weighted by Crippen LogP contribution is 2.37. The van der Waals surface area contributed by atoms with Crippen molar-refractivity contribution in [1.82, 2.24) is 25.5 Å². The molecule has 0 spiro atoms. The van der Waals surface area contributed by atoms with Crippen molar-refractivity contribution in [3.63, 3.8) is 0 Å². The molecule has 0 atom stereocenters. The number of hydrogen-bond acceptors (Lipinski definition) is 7. The fourth-order valence-corrected chi connectivity index (χ4v) is 4.00. The summed E-state index contributed by atoms with van der Waals surface area (Å²) in [5, 5.41) is 15.6. The van der Waals surface area contributed by atoms with Crippen LogP contribution < -0.4 is 27.2 Å². The second-order valence-corrected chi connectivity index (χ2v) is 8.28. The molecule has 0 aliphatic carbocycles. The zero-order valence-corrected chi connectivity index (χ0v) is 20.3. The van der Waals surface area contributed by atoms with Crippen molar-refractivity contribution in [3.05, 3.63) is 57.8 Å². The number of thioether (sulfide) groups is 1. The number of nitrogens with one attached hydrogen (secondary N) is 1. The van der Waals surface area contributed by atoms with E-state index in [1.54, 1.807) is 28.6 Å². The Hall–Kier alpha value is -1.88. The van der Waals surface area contributed by atoms with Crippen LogP contribution in [0.3, 0.4) is 0 Å². The van der Waals surface area contributed by atoms with Gasteiger partial charge in [-0.1, -0.05) is 23.9 Å². The average Bonchev–Trinajstić information content (AvgIpc) is 3.13. The minimum atomic E-state index is -0.265. The molecule has 31 heavy (non-hydrogen) atoms. The van der Waals surface area contributed by atoms with Crippen LogP contribution in [-0.2, 0) is 20.2 Å². The fourth-order valence-electron chi connectivity index (χ4n) is 2.65. The van der Waals surface area contributed by atoms with Crippen molar-refractivity contribution >= 4 is 27.7 Å². The Labute approximate surface area is 201 Å². The van der Waals surface area contributed by atoms with Crippen LogP contribution in [0.15, 0.2) is 46.0 Å². The molecule has 2 aromatic carbocycles. The molecule has 1 N–H and O–H groups in total. The summed E-state index contributed by atoms with van der Waals surface area (Å²) in [5.41, 5.74) is 1.96. The molecule has 0 unspecified atom stereocenters. The maximum atomic E-state index is 13.1. The van der Waals surface area contributed by atoms with Gasteiger partial charge in [-0.3, -0.25) is 0 Å². The number of ether oxygens (including phenoxy) is 2. The van der Waals surface area contributed by atoms with Gasteiger partial charge in [0.15, 0.2) is 11.5 Å². The minimum Gasteiger partial charge on any atom is -1.00 e. The zero-order chi connectivity index (χ0) is 21.3. The second-order valence-electron chi connectivity index (χ2n) is 6.36. The van der Waals surface area contributed by atoms with Gasteiger partial charge in [-0.15, -0.1) is 5.10 Å². The lowest BCUT2D eigenvalue weighted by Crippen LogP contribution is -3.00. The maximum absolute atomic E-state index is 13.1. The third kappa shape index (κ3) is 7.64. The average molecular weight is 533 g/mol. The summed E-state index contributed by atoms with van der Waals surface area (Å²) in [7, 11) is 1.82. The molecule has 168 valence electrons. The van der Waals surface area contributed by atoms with Crippen molar-refractivity contribution in [2.45, 2.75) is 25.2 Å². The zero-order valence-electron chi connectivity index (χ0n) is 18.1. The van der Waals surface area contributed by atoms with Gasteiger partial charge in [-0.25, -0.2) is 9.07 Å². The predicted molar refractivity (Wildman–Crippen MR) is 118 cm³/mol. The fraction of sp³-hybridized carbons (Fsp3) is 0.350. The van der Waals surface area contributed by atoms with E-state index in [0.29, 0.717) is 31.3 Å². The SMILES string of the molecule is CCOc1cc(CNCCSc2nnnn2C)cc(Br)c1OCc1ccc(F)cc1.[Cl-].[H+]. The third-order valence-electron chi connectivity index (χ3n) is 4.09. The van der Waals surface area contributed by atoms with Gasteiger partial charge in [0.2, 0.25) is 5.16 Å². The van der Waals surface area contributed by atoms with Gasteiger partial charge < -0.3 is 27.2 Å². The molecule has 0 saturated carbocycles. The van der Waals surface area contributed by atoms with Crippen molar-refractivity contribution in [2.75, 3.05) is 18.9 Å². The standard InChI is InChI=1S/C20H23BrFN5O2S.ClH/c1-3-28-18-11-15(12-23-8-9-30-20-24-25-26-27(20)2)10-17(21)19(18)29-13-14-4-6-16(22)7-5-14;/h4-7,10-11,23H,3,8-9,12-13H2,1-2H3;1H. The van der Waals surface area contributed by atoms with E-state index in [0.717, 1.165) is 33.1 Å². The molecule has 0 fully saturated rings. The van der Waals surface area contributed by atoms with Gasteiger partial charge in [-0.2, -0.15) is 0 Å². The van der Waals surface area contributed by atoms with Crippen molar-refractivity contribution < 1.29 is 27.7 Å². The summed E-state index contributed by atoms with van der Waals surface area (Å²) in [5.74, 6) is 1.89. The molecular weight excluding hydrogens is 509 g/mol. The first kappa shape index (κ1) is 25.4. The lowest BCUT2D eigenvalue weighted by molar-refractivity contribution is -0.00000762. The molecule has 0 amide bonds. The highest BCUT2D eigenvalue weighted by Gasteiger charge is 2.13. The van der Waals surface area contributed by atoms with E-state index < -0.39 is 0 Å². The van der Waals surface area contributed by atoms with E-state index in [-0.39, 0.29) is 19.7 Å².